The predicted molar refractivity (Wildman–Crippen MR) is 125 cm³/mol. The third-order valence-corrected chi connectivity index (χ3v) is 7.81. The van der Waals surface area contributed by atoms with Gasteiger partial charge in [0.05, 0.1) is 12.0 Å². The SMILES string of the molecule is COc1cccc(C(CNS(=O)(=O)c2ccc3c(c2)CCCN3C(C)=O)N2CCCC2)c1. The summed E-state index contributed by atoms with van der Waals surface area (Å²) in [6, 6.07) is 12.8. The van der Waals surface area contributed by atoms with Crippen molar-refractivity contribution in [2.75, 3.05) is 38.2 Å². The van der Waals surface area contributed by atoms with Crippen molar-refractivity contribution in [3.05, 3.63) is 53.6 Å². The van der Waals surface area contributed by atoms with Crippen LogP contribution in [0, 0.1) is 0 Å². The molecule has 2 aliphatic heterocycles. The quantitative estimate of drug-likeness (QED) is 0.691. The van der Waals surface area contributed by atoms with E-state index in [4.69, 9.17) is 4.74 Å². The molecule has 2 aromatic carbocycles. The number of carbonyl (C=O) groups excluding carboxylic acids is 1. The van der Waals surface area contributed by atoms with Crippen LogP contribution < -0.4 is 14.4 Å². The van der Waals surface area contributed by atoms with Crippen LogP contribution in [0.3, 0.4) is 0 Å². The Morgan fingerprint density at radius 1 is 1.09 bits per heavy atom. The number of carbonyl (C=O) groups is 1. The minimum atomic E-state index is -3.69. The number of anilines is 1. The maximum atomic E-state index is 13.2. The zero-order valence-electron chi connectivity index (χ0n) is 18.7. The molecule has 0 aromatic heterocycles. The second-order valence-corrected chi connectivity index (χ2v) is 10.2. The molecule has 172 valence electrons. The first kappa shape index (κ1) is 22.8. The van der Waals surface area contributed by atoms with E-state index in [2.05, 4.69) is 9.62 Å². The molecule has 1 saturated heterocycles. The van der Waals surface area contributed by atoms with E-state index in [1.807, 2.05) is 24.3 Å². The van der Waals surface area contributed by atoms with Crippen molar-refractivity contribution in [3.8, 4) is 5.75 Å². The number of ether oxygens (including phenoxy) is 1. The lowest BCUT2D eigenvalue weighted by Crippen LogP contribution is -2.37. The van der Waals surface area contributed by atoms with Crippen LogP contribution in [0.1, 0.15) is 43.4 Å². The van der Waals surface area contributed by atoms with Crippen LogP contribution in [-0.4, -0.2) is 52.5 Å². The van der Waals surface area contributed by atoms with Crippen LogP contribution in [0.5, 0.6) is 5.75 Å². The molecule has 7 nitrogen and oxygen atoms in total. The van der Waals surface area contributed by atoms with Crippen molar-refractivity contribution in [1.29, 1.82) is 0 Å². The van der Waals surface area contributed by atoms with Crippen LogP contribution in [0.4, 0.5) is 5.69 Å². The number of hydrogen-bond donors (Lipinski definition) is 1. The summed E-state index contributed by atoms with van der Waals surface area (Å²) in [6.45, 7) is 4.39. The fourth-order valence-electron chi connectivity index (χ4n) is 4.70. The molecule has 2 aliphatic rings. The number of nitrogens with one attached hydrogen (secondary N) is 1. The van der Waals surface area contributed by atoms with E-state index in [0.717, 1.165) is 61.3 Å². The van der Waals surface area contributed by atoms with Crippen molar-refractivity contribution in [3.63, 3.8) is 0 Å². The van der Waals surface area contributed by atoms with E-state index < -0.39 is 10.0 Å². The van der Waals surface area contributed by atoms with Crippen LogP contribution >= 0.6 is 0 Å². The molecule has 2 aromatic rings. The molecule has 1 atom stereocenters. The van der Waals surface area contributed by atoms with Crippen LogP contribution in [0.25, 0.3) is 0 Å². The Balaban J connectivity index is 1.55. The summed E-state index contributed by atoms with van der Waals surface area (Å²) < 4.78 is 34.6. The summed E-state index contributed by atoms with van der Waals surface area (Å²) in [7, 11) is -2.06. The van der Waals surface area contributed by atoms with Crippen molar-refractivity contribution in [1.82, 2.24) is 9.62 Å². The minimum absolute atomic E-state index is 0.0218. The number of benzene rings is 2. The first-order valence-electron chi connectivity index (χ1n) is 11.2. The Labute approximate surface area is 190 Å². The third-order valence-electron chi connectivity index (χ3n) is 6.39. The zero-order valence-corrected chi connectivity index (χ0v) is 19.5. The molecule has 8 heteroatoms. The van der Waals surface area contributed by atoms with Gasteiger partial charge in [-0.3, -0.25) is 9.69 Å². The zero-order chi connectivity index (χ0) is 22.7. The monoisotopic (exact) mass is 457 g/mol. The highest BCUT2D eigenvalue weighted by atomic mass is 32.2. The Morgan fingerprint density at radius 2 is 1.88 bits per heavy atom. The molecule has 0 spiro atoms. The molecular weight excluding hydrogens is 426 g/mol. The average Bonchev–Trinajstić information content (AvgIpc) is 3.33. The average molecular weight is 458 g/mol. The second-order valence-electron chi connectivity index (χ2n) is 8.45. The first-order chi connectivity index (χ1) is 15.4. The van der Waals surface area contributed by atoms with Crippen LogP contribution in [-0.2, 0) is 21.2 Å². The maximum absolute atomic E-state index is 13.2. The van der Waals surface area contributed by atoms with Crippen molar-refractivity contribution in [2.24, 2.45) is 0 Å². The van der Waals surface area contributed by atoms with E-state index >= 15 is 0 Å². The van der Waals surface area contributed by atoms with Gasteiger partial charge in [0.2, 0.25) is 15.9 Å². The summed E-state index contributed by atoms with van der Waals surface area (Å²) in [5.74, 6) is 0.741. The summed E-state index contributed by atoms with van der Waals surface area (Å²) in [5.41, 5.74) is 2.75. The van der Waals surface area contributed by atoms with E-state index in [0.29, 0.717) is 6.54 Å². The smallest absolute Gasteiger partial charge is 0.240 e. The van der Waals surface area contributed by atoms with Gasteiger partial charge < -0.3 is 9.64 Å². The highest BCUT2D eigenvalue weighted by Gasteiger charge is 2.27. The van der Waals surface area contributed by atoms with Crippen LogP contribution in [0.15, 0.2) is 47.4 Å². The summed E-state index contributed by atoms with van der Waals surface area (Å²) in [6.07, 6.45) is 3.83. The number of sulfonamides is 1. The van der Waals surface area contributed by atoms with E-state index in [9.17, 15) is 13.2 Å². The Kier molecular flexibility index (Phi) is 6.83. The van der Waals surface area contributed by atoms with Gasteiger partial charge in [0.25, 0.3) is 0 Å². The number of aryl methyl sites for hydroxylation is 1. The number of methoxy groups -OCH3 is 1. The number of fused-ring (bicyclic) bond motifs is 1. The Hall–Kier alpha value is -2.42. The molecule has 0 saturated carbocycles. The van der Waals surface area contributed by atoms with E-state index in [1.165, 1.54) is 0 Å². The standard InChI is InChI=1S/C24H31N3O4S/c1-18(28)27-14-6-8-20-16-22(10-11-23(20)27)32(29,30)25-17-24(26-12-3-4-13-26)19-7-5-9-21(15-19)31-2/h5,7,9-11,15-16,24-25H,3-4,6,8,12-14,17H2,1-2H3. The van der Waals surface area contributed by atoms with Gasteiger partial charge >= 0.3 is 0 Å². The number of likely N-dealkylation sites (tertiary alicyclic amines) is 1. The van der Waals surface area contributed by atoms with Gasteiger partial charge in [-0.2, -0.15) is 0 Å². The summed E-state index contributed by atoms with van der Waals surface area (Å²) in [4.78, 5) is 16.2. The molecule has 1 N–H and O–H groups in total. The lowest BCUT2D eigenvalue weighted by Gasteiger charge is -2.29. The molecule has 1 fully saturated rings. The summed E-state index contributed by atoms with van der Waals surface area (Å²) in [5, 5.41) is 0. The molecule has 1 unspecified atom stereocenters. The molecule has 32 heavy (non-hydrogen) atoms. The first-order valence-corrected chi connectivity index (χ1v) is 12.7. The van der Waals surface area contributed by atoms with Gasteiger partial charge in [0.15, 0.2) is 0 Å². The van der Waals surface area contributed by atoms with E-state index in [-0.39, 0.29) is 23.4 Å². The molecule has 1 amide bonds. The number of rotatable bonds is 7. The number of amides is 1. The van der Waals surface area contributed by atoms with Crippen molar-refractivity contribution >= 4 is 21.6 Å². The van der Waals surface area contributed by atoms with E-state index in [1.54, 1.807) is 37.1 Å². The third kappa shape index (κ3) is 4.82. The fourth-order valence-corrected chi connectivity index (χ4v) is 5.79. The topological polar surface area (TPSA) is 79.0 Å². The predicted octanol–water partition coefficient (Wildman–Crippen LogP) is 3.11. The number of hydrogen-bond acceptors (Lipinski definition) is 5. The molecule has 0 radical (unpaired) electrons. The van der Waals surface area contributed by atoms with Gasteiger partial charge in [0.1, 0.15) is 5.75 Å². The molecule has 0 bridgehead atoms. The molecule has 0 aliphatic carbocycles. The molecule has 2 heterocycles. The summed E-state index contributed by atoms with van der Waals surface area (Å²) >= 11 is 0. The lowest BCUT2D eigenvalue weighted by atomic mass is 10.0. The highest BCUT2D eigenvalue weighted by Crippen LogP contribution is 2.31. The van der Waals surface area contributed by atoms with Crippen molar-refractivity contribution < 1.29 is 17.9 Å². The molecular formula is C24H31N3O4S. The minimum Gasteiger partial charge on any atom is -0.497 e. The van der Waals surface area contributed by atoms with Gasteiger partial charge in [0, 0.05) is 31.7 Å². The fraction of sp³-hybridized carbons (Fsp3) is 0.458. The van der Waals surface area contributed by atoms with Gasteiger partial charge in [-0.05, 0) is 80.2 Å². The van der Waals surface area contributed by atoms with Crippen LogP contribution in [0.2, 0.25) is 0 Å². The number of nitrogens with zero attached hydrogens (tertiary/aromatic N) is 2. The second kappa shape index (κ2) is 9.60. The lowest BCUT2D eigenvalue weighted by molar-refractivity contribution is -0.116. The maximum Gasteiger partial charge on any atom is 0.240 e. The normalized spacial score (nSPS) is 17.8. The highest BCUT2D eigenvalue weighted by molar-refractivity contribution is 7.89. The van der Waals surface area contributed by atoms with Gasteiger partial charge in [-0.15, -0.1) is 0 Å². The van der Waals surface area contributed by atoms with Crippen molar-refractivity contribution in [2.45, 2.75) is 43.5 Å². The largest absolute Gasteiger partial charge is 0.497 e. The Bertz CT molecular complexity index is 1080. The van der Waals surface area contributed by atoms with Gasteiger partial charge in [-0.1, -0.05) is 12.1 Å². The molecule has 4 rings (SSSR count). The van der Waals surface area contributed by atoms with Gasteiger partial charge in [-0.25, -0.2) is 13.1 Å². The Morgan fingerprint density at radius 3 is 2.59 bits per heavy atom.